The van der Waals surface area contributed by atoms with E-state index in [9.17, 15) is 5.11 Å². The lowest BCUT2D eigenvalue weighted by molar-refractivity contribution is 0.202. The minimum absolute atomic E-state index is 0.108. The van der Waals surface area contributed by atoms with Crippen LogP contribution in [0.25, 0.3) is 4.96 Å². The van der Waals surface area contributed by atoms with Crippen molar-refractivity contribution in [3.8, 4) is 0 Å². The fraction of sp³-hybridized carbons (Fsp3) is 0.643. The lowest BCUT2D eigenvalue weighted by Crippen LogP contribution is -2.32. The molecule has 0 spiro atoms. The predicted molar refractivity (Wildman–Crippen MR) is 86.2 cm³/mol. The van der Waals surface area contributed by atoms with Crippen molar-refractivity contribution in [2.24, 2.45) is 0 Å². The lowest BCUT2D eigenvalue weighted by atomic mass is 10.3. The van der Waals surface area contributed by atoms with Crippen molar-refractivity contribution in [2.45, 2.75) is 19.9 Å². The second-order valence-electron chi connectivity index (χ2n) is 4.82. The van der Waals surface area contributed by atoms with E-state index in [0.29, 0.717) is 13.2 Å². The van der Waals surface area contributed by atoms with Crippen molar-refractivity contribution in [1.29, 1.82) is 0 Å². The number of aromatic nitrogens is 2. The van der Waals surface area contributed by atoms with Crippen LogP contribution in [0, 0.1) is 0 Å². The molecule has 2 heterocycles. The maximum atomic E-state index is 9.30. The van der Waals surface area contributed by atoms with Gasteiger partial charge in [-0.1, -0.05) is 6.92 Å². The van der Waals surface area contributed by atoms with Gasteiger partial charge in [0.2, 0.25) is 0 Å². The smallest absolute Gasteiger partial charge is 0.195 e. The summed E-state index contributed by atoms with van der Waals surface area (Å²) in [5.74, 6) is 0.941. The van der Waals surface area contributed by atoms with Crippen LogP contribution in [0.15, 0.2) is 11.6 Å². The largest absolute Gasteiger partial charge is 0.395 e. The van der Waals surface area contributed by atoms with E-state index < -0.39 is 0 Å². The molecule has 2 aromatic rings. The molecular weight excluding hydrogens is 288 g/mol. The Morgan fingerprint density at radius 3 is 3.05 bits per heavy atom. The Bertz CT molecular complexity index is 540. The van der Waals surface area contributed by atoms with E-state index in [1.165, 1.54) is 0 Å². The highest BCUT2D eigenvalue weighted by Gasteiger charge is 2.18. The van der Waals surface area contributed by atoms with Crippen LogP contribution in [0.5, 0.6) is 0 Å². The van der Waals surface area contributed by atoms with E-state index in [1.807, 2.05) is 11.6 Å². The monoisotopic (exact) mass is 312 g/mol. The van der Waals surface area contributed by atoms with Gasteiger partial charge < -0.3 is 20.1 Å². The number of hydrogen-bond acceptors (Lipinski definition) is 6. The quantitative estimate of drug-likeness (QED) is 0.648. The van der Waals surface area contributed by atoms with Gasteiger partial charge in [0, 0.05) is 38.3 Å². The molecule has 2 rings (SSSR count). The summed E-state index contributed by atoms with van der Waals surface area (Å²) in [6, 6.07) is 0. The number of nitrogens with zero attached hydrogens (tertiary/aromatic N) is 3. The molecule has 0 aliphatic carbocycles. The van der Waals surface area contributed by atoms with E-state index in [-0.39, 0.29) is 6.61 Å². The molecule has 0 saturated carbocycles. The van der Waals surface area contributed by atoms with Gasteiger partial charge in [-0.25, -0.2) is 4.98 Å². The number of imidazole rings is 1. The molecule has 21 heavy (non-hydrogen) atoms. The number of ether oxygens (including phenoxy) is 1. The van der Waals surface area contributed by atoms with Crippen LogP contribution in [-0.4, -0.2) is 54.4 Å². The second kappa shape index (κ2) is 8.33. The van der Waals surface area contributed by atoms with Crippen molar-refractivity contribution in [2.75, 3.05) is 44.9 Å². The molecule has 0 bridgehead atoms. The molecule has 118 valence electrons. The molecule has 0 aliphatic rings. The molecule has 0 saturated heterocycles. The van der Waals surface area contributed by atoms with E-state index in [2.05, 4.69) is 21.5 Å². The molecule has 7 heteroatoms. The molecule has 0 aromatic carbocycles. The highest BCUT2D eigenvalue weighted by molar-refractivity contribution is 7.15. The third-order valence-electron chi connectivity index (χ3n) is 3.29. The fourth-order valence-electron chi connectivity index (χ4n) is 2.27. The standard InChI is InChI=1S/C14H24N4O2S/c1-3-4-15-11-12-13(16-14-18(12)7-10-21-14)17(5-8-19)6-9-20-2/h7,10,15,19H,3-6,8-9,11H2,1-2H3. The number of nitrogens with one attached hydrogen (secondary N) is 1. The van der Waals surface area contributed by atoms with Gasteiger partial charge in [0.1, 0.15) is 0 Å². The molecule has 6 nitrogen and oxygen atoms in total. The number of aliphatic hydroxyl groups is 1. The maximum Gasteiger partial charge on any atom is 0.195 e. The highest BCUT2D eigenvalue weighted by atomic mass is 32.1. The van der Waals surface area contributed by atoms with Gasteiger partial charge in [-0.05, 0) is 13.0 Å². The van der Waals surface area contributed by atoms with Gasteiger partial charge in [0.25, 0.3) is 0 Å². The number of aliphatic hydroxyl groups excluding tert-OH is 1. The van der Waals surface area contributed by atoms with Crippen molar-refractivity contribution in [3.05, 3.63) is 17.3 Å². The summed E-state index contributed by atoms with van der Waals surface area (Å²) in [6.07, 6.45) is 3.15. The summed E-state index contributed by atoms with van der Waals surface area (Å²) < 4.78 is 7.29. The van der Waals surface area contributed by atoms with Crippen LogP contribution >= 0.6 is 11.3 Å². The number of fused-ring (bicyclic) bond motifs is 1. The SMILES string of the molecule is CCCNCc1c(N(CCO)CCOC)nc2sccn12. The normalized spacial score (nSPS) is 11.4. The van der Waals surface area contributed by atoms with E-state index in [1.54, 1.807) is 18.4 Å². The summed E-state index contributed by atoms with van der Waals surface area (Å²) >= 11 is 1.62. The molecule has 0 fully saturated rings. The zero-order valence-electron chi connectivity index (χ0n) is 12.7. The van der Waals surface area contributed by atoms with Crippen LogP contribution in [0.1, 0.15) is 19.0 Å². The van der Waals surface area contributed by atoms with E-state index in [4.69, 9.17) is 9.72 Å². The molecule has 2 aromatic heterocycles. The van der Waals surface area contributed by atoms with Crippen LogP contribution in [0.2, 0.25) is 0 Å². The number of rotatable bonds is 10. The fourth-order valence-corrected chi connectivity index (χ4v) is 3.00. The average molecular weight is 312 g/mol. The lowest BCUT2D eigenvalue weighted by Gasteiger charge is -2.22. The summed E-state index contributed by atoms with van der Waals surface area (Å²) in [7, 11) is 1.69. The Morgan fingerprint density at radius 1 is 1.48 bits per heavy atom. The summed E-state index contributed by atoms with van der Waals surface area (Å²) in [4.78, 5) is 7.80. The Balaban J connectivity index is 2.25. The Labute approximate surface area is 129 Å². The topological polar surface area (TPSA) is 62.0 Å². The summed E-state index contributed by atoms with van der Waals surface area (Å²) in [5.41, 5.74) is 1.14. The number of methoxy groups -OCH3 is 1. The Morgan fingerprint density at radius 2 is 2.33 bits per heavy atom. The zero-order chi connectivity index (χ0) is 15.1. The number of anilines is 1. The first-order chi connectivity index (χ1) is 10.3. The first kappa shape index (κ1) is 16.2. The predicted octanol–water partition coefficient (Wildman–Crippen LogP) is 1.34. The van der Waals surface area contributed by atoms with Crippen LogP contribution in [-0.2, 0) is 11.3 Å². The average Bonchev–Trinajstić information content (AvgIpc) is 3.06. The third-order valence-corrected chi connectivity index (χ3v) is 4.05. The van der Waals surface area contributed by atoms with Gasteiger partial charge in [0.15, 0.2) is 10.8 Å². The number of hydrogen-bond donors (Lipinski definition) is 2. The molecule has 0 radical (unpaired) electrons. The van der Waals surface area contributed by atoms with Gasteiger partial charge in [0.05, 0.1) is 18.9 Å². The number of thiazole rings is 1. The Kier molecular flexibility index (Phi) is 6.44. The molecule has 0 atom stereocenters. The molecular formula is C14H24N4O2S. The highest BCUT2D eigenvalue weighted by Crippen LogP contribution is 2.24. The van der Waals surface area contributed by atoms with Crippen LogP contribution < -0.4 is 10.2 Å². The van der Waals surface area contributed by atoms with Gasteiger partial charge in [-0.2, -0.15) is 0 Å². The van der Waals surface area contributed by atoms with Gasteiger partial charge >= 0.3 is 0 Å². The van der Waals surface area contributed by atoms with E-state index >= 15 is 0 Å². The van der Waals surface area contributed by atoms with E-state index in [0.717, 1.165) is 42.5 Å². The van der Waals surface area contributed by atoms with Gasteiger partial charge in [-0.3, -0.25) is 4.40 Å². The van der Waals surface area contributed by atoms with Crippen molar-refractivity contribution < 1.29 is 9.84 Å². The molecule has 0 unspecified atom stereocenters. The van der Waals surface area contributed by atoms with Crippen LogP contribution in [0.4, 0.5) is 5.82 Å². The van der Waals surface area contributed by atoms with Crippen LogP contribution in [0.3, 0.4) is 0 Å². The molecule has 0 aliphatic heterocycles. The minimum atomic E-state index is 0.108. The zero-order valence-corrected chi connectivity index (χ0v) is 13.5. The van der Waals surface area contributed by atoms with Crippen molar-refractivity contribution in [3.63, 3.8) is 0 Å². The first-order valence-electron chi connectivity index (χ1n) is 7.31. The summed E-state index contributed by atoms with van der Waals surface area (Å²) in [6.45, 7) is 5.92. The minimum Gasteiger partial charge on any atom is -0.395 e. The Hall–Kier alpha value is -1.15. The van der Waals surface area contributed by atoms with Crippen molar-refractivity contribution in [1.82, 2.24) is 14.7 Å². The molecule has 0 amide bonds. The first-order valence-corrected chi connectivity index (χ1v) is 8.19. The molecule has 2 N–H and O–H groups in total. The summed E-state index contributed by atoms with van der Waals surface area (Å²) in [5, 5.41) is 14.8. The van der Waals surface area contributed by atoms with Gasteiger partial charge in [-0.15, -0.1) is 11.3 Å². The van der Waals surface area contributed by atoms with Crippen molar-refractivity contribution >= 4 is 22.1 Å². The second-order valence-corrected chi connectivity index (χ2v) is 5.69. The third kappa shape index (κ3) is 3.94. The maximum absolute atomic E-state index is 9.30.